The SMILES string of the molecule is COCc1cccc(NCC(=O)NC(C)C)c1. The highest BCUT2D eigenvalue weighted by Crippen LogP contribution is 2.10. The van der Waals surface area contributed by atoms with Crippen LogP contribution in [0.3, 0.4) is 0 Å². The van der Waals surface area contributed by atoms with Crippen LogP contribution in [0.5, 0.6) is 0 Å². The fourth-order valence-corrected chi connectivity index (χ4v) is 1.49. The first-order valence-electron chi connectivity index (χ1n) is 5.73. The Kier molecular flexibility index (Phi) is 5.49. The number of carbonyl (C=O) groups excluding carboxylic acids is 1. The number of rotatable bonds is 6. The number of ether oxygens (including phenoxy) is 1. The summed E-state index contributed by atoms with van der Waals surface area (Å²) in [5.74, 6) is -0.00264. The van der Waals surface area contributed by atoms with Gasteiger partial charge < -0.3 is 15.4 Å². The molecule has 4 nitrogen and oxygen atoms in total. The van der Waals surface area contributed by atoms with Crippen molar-refractivity contribution < 1.29 is 9.53 Å². The Labute approximate surface area is 102 Å². The van der Waals surface area contributed by atoms with Gasteiger partial charge in [0.05, 0.1) is 13.2 Å². The predicted molar refractivity (Wildman–Crippen MR) is 68.9 cm³/mol. The third-order valence-electron chi connectivity index (χ3n) is 2.14. The summed E-state index contributed by atoms with van der Waals surface area (Å²) in [4.78, 5) is 11.4. The van der Waals surface area contributed by atoms with Crippen molar-refractivity contribution in [3.8, 4) is 0 Å². The molecule has 0 unspecified atom stereocenters. The van der Waals surface area contributed by atoms with Gasteiger partial charge in [-0.1, -0.05) is 12.1 Å². The second-order valence-electron chi connectivity index (χ2n) is 4.21. The standard InChI is InChI=1S/C13H20N2O2/c1-10(2)15-13(16)8-14-12-6-4-5-11(7-12)9-17-3/h4-7,10,14H,8-9H2,1-3H3,(H,15,16). The number of nitrogens with one attached hydrogen (secondary N) is 2. The number of hydrogen-bond donors (Lipinski definition) is 2. The second-order valence-corrected chi connectivity index (χ2v) is 4.21. The molecule has 0 fully saturated rings. The summed E-state index contributed by atoms with van der Waals surface area (Å²) in [5.41, 5.74) is 2.01. The molecule has 0 aliphatic carbocycles. The molecule has 0 heterocycles. The smallest absolute Gasteiger partial charge is 0.239 e. The van der Waals surface area contributed by atoms with Gasteiger partial charge in [-0.25, -0.2) is 0 Å². The average molecular weight is 236 g/mol. The summed E-state index contributed by atoms with van der Waals surface area (Å²) in [6.07, 6.45) is 0. The molecular formula is C13H20N2O2. The van der Waals surface area contributed by atoms with Crippen LogP contribution in [0, 0.1) is 0 Å². The fraction of sp³-hybridized carbons (Fsp3) is 0.462. The van der Waals surface area contributed by atoms with Crippen molar-refractivity contribution in [2.45, 2.75) is 26.5 Å². The lowest BCUT2D eigenvalue weighted by Gasteiger charge is -2.10. The van der Waals surface area contributed by atoms with Crippen molar-refractivity contribution in [3.05, 3.63) is 29.8 Å². The fourth-order valence-electron chi connectivity index (χ4n) is 1.49. The van der Waals surface area contributed by atoms with Crippen LogP contribution in [0.25, 0.3) is 0 Å². The Bertz CT molecular complexity index is 364. The number of anilines is 1. The summed E-state index contributed by atoms with van der Waals surface area (Å²) in [7, 11) is 1.66. The van der Waals surface area contributed by atoms with Crippen LogP contribution in [-0.4, -0.2) is 25.6 Å². The number of amides is 1. The molecule has 0 aromatic heterocycles. The van der Waals surface area contributed by atoms with Gasteiger partial charge >= 0.3 is 0 Å². The first kappa shape index (κ1) is 13.5. The van der Waals surface area contributed by atoms with Gasteiger partial charge in [-0.3, -0.25) is 4.79 Å². The number of benzene rings is 1. The molecule has 0 aliphatic heterocycles. The molecule has 0 aliphatic rings. The van der Waals surface area contributed by atoms with Crippen LogP contribution in [0.2, 0.25) is 0 Å². The van der Waals surface area contributed by atoms with Gasteiger partial charge in [-0.15, -0.1) is 0 Å². The molecule has 0 radical (unpaired) electrons. The Hall–Kier alpha value is -1.55. The molecule has 2 N–H and O–H groups in total. The molecule has 1 aromatic carbocycles. The van der Waals surface area contributed by atoms with Crippen LogP contribution in [-0.2, 0) is 16.1 Å². The van der Waals surface area contributed by atoms with E-state index in [4.69, 9.17) is 4.74 Å². The normalized spacial score (nSPS) is 10.4. The Morgan fingerprint density at radius 2 is 2.18 bits per heavy atom. The van der Waals surface area contributed by atoms with E-state index in [9.17, 15) is 4.79 Å². The van der Waals surface area contributed by atoms with E-state index >= 15 is 0 Å². The molecular weight excluding hydrogens is 216 g/mol. The average Bonchev–Trinajstić information content (AvgIpc) is 2.26. The van der Waals surface area contributed by atoms with E-state index in [2.05, 4.69) is 10.6 Å². The van der Waals surface area contributed by atoms with Gasteiger partial charge in [0.1, 0.15) is 0 Å². The van der Waals surface area contributed by atoms with Gasteiger partial charge in [0.15, 0.2) is 0 Å². The highest BCUT2D eigenvalue weighted by Gasteiger charge is 2.02. The van der Waals surface area contributed by atoms with E-state index in [1.807, 2.05) is 38.1 Å². The Balaban J connectivity index is 2.45. The summed E-state index contributed by atoms with van der Waals surface area (Å²) in [5, 5.41) is 5.91. The monoisotopic (exact) mass is 236 g/mol. The third-order valence-corrected chi connectivity index (χ3v) is 2.14. The van der Waals surface area contributed by atoms with Gasteiger partial charge in [-0.2, -0.15) is 0 Å². The summed E-state index contributed by atoms with van der Waals surface area (Å²) in [6, 6.07) is 8.01. The Morgan fingerprint density at radius 1 is 1.41 bits per heavy atom. The highest BCUT2D eigenvalue weighted by molar-refractivity contribution is 5.80. The molecule has 1 aromatic rings. The van der Waals surface area contributed by atoms with E-state index in [0.29, 0.717) is 6.61 Å². The lowest BCUT2D eigenvalue weighted by molar-refractivity contribution is -0.119. The Morgan fingerprint density at radius 3 is 2.82 bits per heavy atom. The number of methoxy groups -OCH3 is 1. The lowest BCUT2D eigenvalue weighted by atomic mass is 10.2. The molecule has 4 heteroatoms. The van der Waals surface area contributed by atoms with Crippen molar-refractivity contribution in [1.82, 2.24) is 5.32 Å². The molecule has 94 valence electrons. The first-order valence-corrected chi connectivity index (χ1v) is 5.73. The summed E-state index contributed by atoms with van der Waals surface area (Å²) in [6.45, 7) is 4.75. The topological polar surface area (TPSA) is 50.4 Å². The molecule has 0 saturated carbocycles. The highest BCUT2D eigenvalue weighted by atomic mass is 16.5. The maximum absolute atomic E-state index is 11.4. The molecule has 1 amide bonds. The molecule has 0 atom stereocenters. The zero-order valence-electron chi connectivity index (χ0n) is 10.6. The first-order chi connectivity index (χ1) is 8.11. The molecule has 0 bridgehead atoms. The molecule has 1 rings (SSSR count). The van der Waals surface area contributed by atoms with Crippen molar-refractivity contribution in [2.24, 2.45) is 0 Å². The van der Waals surface area contributed by atoms with E-state index < -0.39 is 0 Å². The second kappa shape index (κ2) is 6.91. The van der Waals surface area contributed by atoms with Crippen molar-refractivity contribution >= 4 is 11.6 Å². The zero-order valence-corrected chi connectivity index (χ0v) is 10.6. The predicted octanol–water partition coefficient (Wildman–Crippen LogP) is 1.77. The number of carbonyl (C=O) groups is 1. The van der Waals surface area contributed by atoms with Gasteiger partial charge in [-0.05, 0) is 31.5 Å². The number of hydrogen-bond acceptors (Lipinski definition) is 3. The van der Waals surface area contributed by atoms with Crippen LogP contribution in [0.1, 0.15) is 19.4 Å². The van der Waals surface area contributed by atoms with Crippen molar-refractivity contribution in [2.75, 3.05) is 19.0 Å². The quantitative estimate of drug-likeness (QED) is 0.791. The maximum atomic E-state index is 11.4. The van der Waals surface area contributed by atoms with Gasteiger partial charge in [0, 0.05) is 18.8 Å². The van der Waals surface area contributed by atoms with Gasteiger partial charge in [0.2, 0.25) is 5.91 Å². The van der Waals surface area contributed by atoms with E-state index in [1.165, 1.54) is 0 Å². The van der Waals surface area contributed by atoms with Crippen LogP contribution >= 0.6 is 0 Å². The zero-order chi connectivity index (χ0) is 12.7. The van der Waals surface area contributed by atoms with Crippen molar-refractivity contribution in [3.63, 3.8) is 0 Å². The minimum Gasteiger partial charge on any atom is -0.380 e. The van der Waals surface area contributed by atoms with Crippen molar-refractivity contribution in [1.29, 1.82) is 0 Å². The largest absolute Gasteiger partial charge is 0.380 e. The van der Waals surface area contributed by atoms with Crippen LogP contribution in [0.15, 0.2) is 24.3 Å². The maximum Gasteiger partial charge on any atom is 0.239 e. The van der Waals surface area contributed by atoms with E-state index in [0.717, 1.165) is 11.3 Å². The minimum absolute atomic E-state index is 0.00264. The molecule has 0 saturated heterocycles. The molecule has 17 heavy (non-hydrogen) atoms. The van der Waals surface area contributed by atoms with Gasteiger partial charge in [0.25, 0.3) is 0 Å². The van der Waals surface area contributed by atoms with Crippen LogP contribution < -0.4 is 10.6 Å². The third kappa shape index (κ3) is 5.36. The minimum atomic E-state index is -0.00264. The van der Waals surface area contributed by atoms with E-state index in [1.54, 1.807) is 7.11 Å². The summed E-state index contributed by atoms with van der Waals surface area (Å²) < 4.78 is 5.05. The lowest BCUT2D eigenvalue weighted by Crippen LogP contribution is -2.34. The summed E-state index contributed by atoms with van der Waals surface area (Å²) >= 11 is 0. The van der Waals surface area contributed by atoms with E-state index in [-0.39, 0.29) is 18.5 Å². The van der Waals surface area contributed by atoms with Crippen LogP contribution in [0.4, 0.5) is 5.69 Å². The molecule has 0 spiro atoms.